The van der Waals surface area contributed by atoms with E-state index >= 15 is 0 Å². The lowest BCUT2D eigenvalue weighted by atomic mass is 9.88. The number of benzene rings is 1. The quantitative estimate of drug-likeness (QED) is 0.656. The molecular formula is C19H23FN4O. The summed E-state index contributed by atoms with van der Waals surface area (Å²) in [4.78, 5) is 13.4. The van der Waals surface area contributed by atoms with Crippen LogP contribution in [0.25, 0.3) is 5.57 Å². The van der Waals surface area contributed by atoms with Crippen LogP contribution in [0.4, 0.5) is 10.1 Å². The molecule has 5 nitrogen and oxygen atoms in total. The number of allylic oxidation sites excluding steroid dienone is 1. The van der Waals surface area contributed by atoms with Gasteiger partial charge in [-0.05, 0) is 44.9 Å². The zero-order valence-electron chi connectivity index (χ0n) is 15.1. The summed E-state index contributed by atoms with van der Waals surface area (Å²) < 4.78 is 14.5. The highest BCUT2D eigenvalue weighted by Crippen LogP contribution is 2.39. The van der Waals surface area contributed by atoms with E-state index in [-0.39, 0.29) is 12.0 Å². The molecule has 1 aliphatic rings. The maximum atomic E-state index is 14.5. The van der Waals surface area contributed by atoms with Crippen LogP contribution in [-0.4, -0.2) is 24.2 Å². The SMILES string of the molecule is CCCN1c2cc(F)c(/C=N\NC(=O)CC#N)cc2C(C)=CC1(C)C. The molecule has 0 aromatic heterocycles. The summed E-state index contributed by atoms with van der Waals surface area (Å²) >= 11 is 0. The van der Waals surface area contributed by atoms with Gasteiger partial charge in [0.25, 0.3) is 5.91 Å². The molecule has 0 spiro atoms. The molecule has 1 aliphatic heterocycles. The van der Waals surface area contributed by atoms with E-state index in [1.807, 2.05) is 6.92 Å². The fourth-order valence-electron chi connectivity index (χ4n) is 3.13. The molecule has 132 valence electrons. The third-order valence-electron chi connectivity index (χ3n) is 4.18. The van der Waals surface area contributed by atoms with Gasteiger partial charge >= 0.3 is 0 Å². The number of nitrogens with one attached hydrogen (secondary N) is 1. The van der Waals surface area contributed by atoms with Crippen LogP contribution in [0.15, 0.2) is 23.3 Å². The number of carbonyl (C=O) groups is 1. The van der Waals surface area contributed by atoms with Crippen LogP contribution in [0, 0.1) is 17.1 Å². The van der Waals surface area contributed by atoms with Gasteiger partial charge < -0.3 is 4.90 Å². The van der Waals surface area contributed by atoms with Crippen molar-refractivity contribution in [2.75, 3.05) is 11.4 Å². The number of carbonyl (C=O) groups excluding carboxylic acids is 1. The van der Waals surface area contributed by atoms with Crippen molar-refractivity contribution in [3.63, 3.8) is 0 Å². The van der Waals surface area contributed by atoms with E-state index in [1.54, 1.807) is 12.1 Å². The summed E-state index contributed by atoms with van der Waals surface area (Å²) in [6, 6.07) is 5.00. The lowest BCUT2D eigenvalue weighted by Crippen LogP contribution is -2.45. The topological polar surface area (TPSA) is 68.5 Å². The zero-order chi connectivity index (χ0) is 18.6. The Labute approximate surface area is 147 Å². The molecule has 1 aromatic rings. The number of hydrogen-bond donors (Lipinski definition) is 1. The molecule has 0 radical (unpaired) electrons. The highest BCUT2D eigenvalue weighted by molar-refractivity contribution is 5.89. The van der Waals surface area contributed by atoms with Crippen molar-refractivity contribution in [1.29, 1.82) is 5.26 Å². The summed E-state index contributed by atoms with van der Waals surface area (Å²) in [5.74, 6) is -0.923. The van der Waals surface area contributed by atoms with E-state index in [1.165, 1.54) is 12.3 Å². The Bertz CT molecular complexity index is 774. The molecule has 0 saturated carbocycles. The second-order valence-electron chi connectivity index (χ2n) is 6.65. The predicted octanol–water partition coefficient (Wildman–Crippen LogP) is 3.60. The Morgan fingerprint density at radius 1 is 1.48 bits per heavy atom. The largest absolute Gasteiger partial charge is 0.362 e. The van der Waals surface area contributed by atoms with Gasteiger partial charge in [-0.2, -0.15) is 10.4 Å². The van der Waals surface area contributed by atoms with Crippen molar-refractivity contribution in [1.82, 2.24) is 5.43 Å². The Kier molecular flexibility index (Phi) is 5.58. The van der Waals surface area contributed by atoms with Gasteiger partial charge in [0.2, 0.25) is 0 Å². The van der Waals surface area contributed by atoms with Crippen LogP contribution < -0.4 is 10.3 Å². The van der Waals surface area contributed by atoms with Gasteiger partial charge in [-0.3, -0.25) is 4.79 Å². The van der Waals surface area contributed by atoms with E-state index in [9.17, 15) is 9.18 Å². The number of hydrazone groups is 1. The van der Waals surface area contributed by atoms with Gasteiger partial charge in [-0.25, -0.2) is 9.82 Å². The molecule has 0 bridgehead atoms. The number of halogens is 1. The highest BCUT2D eigenvalue weighted by Gasteiger charge is 2.31. The van der Waals surface area contributed by atoms with E-state index in [0.717, 1.165) is 29.8 Å². The van der Waals surface area contributed by atoms with Crippen molar-refractivity contribution in [3.05, 3.63) is 35.2 Å². The monoisotopic (exact) mass is 342 g/mol. The summed E-state index contributed by atoms with van der Waals surface area (Å²) in [5, 5.41) is 12.2. The molecule has 0 fully saturated rings. The maximum absolute atomic E-state index is 14.5. The van der Waals surface area contributed by atoms with Crippen molar-refractivity contribution in [2.45, 2.75) is 46.1 Å². The van der Waals surface area contributed by atoms with Crippen LogP contribution in [0.1, 0.15) is 51.7 Å². The Morgan fingerprint density at radius 2 is 2.20 bits per heavy atom. The third-order valence-corrected chi connectivity index (χ3v) is 4.18. The lowest BCUT2D eigenvalue weighted by Gasteiger charge is -2.43. The summed E-state index contributed by atoms with van der Waals surface area (Å²) in [7, 11) is 0. The average molecular weight is 342 g/mol. The van der Waals surface area contributed by atoms with Crippen LogP contribution >= 0.6 is 0 Å². The summed E-state index contributed by atoms with van der Waals surface area (Å²) in [6.07, 6.45) is 4.12. The molecule has 0 saturated heterocycles. The Hall–Kier alpha value is -2.68. The van der Waals surface area contributed by atoms with Crippen molar-refractivity contribution in [2.24, 2.45) is 5.10 Å². The van der Waals surface area contributed by atoms with E-state index in [2.05, 4.69) is 42.3 Å². The molecule has 1 N–H and O–H groups in total. The number of rotatable bonds is 5. The van der Waals surface area contributed by atoms with Crippen molar-refractivity contribution < 1.29 is 9.18 Å². The Balaban J connectivity index is 2.37. The molecule has 25 heavy (non-hydrogen) atoms. The molecule has 1 heterocycles. The normalized spacial score (nSPS) is 15.5. The highest BCUT2D eigenvalue weighted by atomic mass is 19.1. The smallest absolute Gasteiger partial charge is 0.254 e. The van der Waals surface area contributed by atoms with Crippen molar-refractivity contribution in [3.8, 4) is 6.07 Å². The van der Waals surface area contributed by atoms with Gasteiger partial charge in [0.1, 0.15) is 12.2 Å². The second-order valence-corrected chi connectivity index (χ2v) is 6.65. The van der Waals surface area contributed by atoms with Crippen LogP contribution in [0.3, 0.4) is 0 Å². The number of nitriles is 1. The minimum atomic E-state index is -0.524. The van der Waals surface area contributed by atoms with Crippen LogP contribution in [0.2, 0.25) is 0 Å². The maximum Gasteiger partial charge on any atom is 0.254 e. The first kappa shape index (κ1) is 18.7. The van der Waals surface area contributed by atoms with Gasteiger partial charge in [-0.15, -0.1) is 0 Å². The lowest BCUT2D eigenvalue weighted by molar-refractivity contribution is -0.120. The number of anilines is 1. The number of amides is 1. The van der Waals surface area contributed by atoms with Gasteiger partial charge in [-0.1, -0.05) is 13.0 Å². The first-order valence-electron chi connectivity index (χ1n) is 8.30. The fourth-order valence-corrected chi connectivity index (χ4v) is 3.13. The van der Waals surface area contributed by atoms with Crippen LogP contribution in [0.5, 0.6) is 0 Å². The summed E-state index contributed by atoms with van der Waals surface area (Å²) in [5.41, 5.74) is 5.23. The van der Waals surface area contributed by atoms with E-state index in [0.29, 0.717) is 5.56 Å². The first-order valence-corrected chi connectivity index (χ1v) is 8.30. The number of fused-ring (bicyclic) bond motifs is 1. The molecule has 1 aromatic carbocycles. The van der Waals surface area contributed by atoms with Gasteiger partial charge in [0.15, 0.2) is 0 Å². The molecule has 1 amide bonds. The van der Waals surface area contributed by atoms with E-state index < -0.39 is 11.7 Å². The average Bonchev–Trinajstić information content (AvgIpc) is 2.52. The molecule has 0 aliphatic carbocycles. The Morgan fingerprint density at radius 3 is 2.84 bits per heavy atom. The predicted molar refractivity (Wildman–Crippen MR) is 97.7 cm³/mol. The van der Waals surface area contributed by atoms with Crippen molar-refractivity contribution >= 4 is 23.4 Å². The van der Waals surface area contributed by atoms with Crippen LogP contribution in [-0.2, 0) is 4.79 Å². The zero-order valence-corrected chi connectivity index (χ0v) is 15.1. The molecule has 0 unspecified atom stereocenters. The molecule has 2 rings (SSSR count). The summed E-state index contributed by atoms with van der Waals surface area (Å²) in [6.45, 7) is 9.18. The minimum absolute atomic E-state index is 0.180. The standard InChI is InChI=1S/C19H23FN4O/c1-5-8-24-17-10-16(20)14(12-22-23-18(25)6-7-21)9-15(17)13(2)11-19(24,3)4/h9-12H,5-6,8H2,1-4H3,(H,23,25)/b22-12-. The van der Waals surface area contributed by atoms with Gasteiger partial charge in [0, 0.05) is 23.4 Å². The van der Waals surface area contributed by atoms with E-state index in [4.69, 9.17) is 5.26 Å². The minimum Gasteiger partial charge on any atom is -0.362 e. The molecule has 0 atom stereocenters. The first-order chi connectivity index (χ1) is 11.8. The number of hydrogen-bond acceptors (Lipinski definition) is 4. The number of nitrogens with zero attached hydrogens (tertiary/aromatic N) is 3. The third kappa shape index (κ3) is 4.05. The molecule has 6 heteroatoms. The molecular weight excluding hydrogens is 319 g/mol. The fraction of sp³-hybridized carbons (Fsp3) is 0.421. The van der Waals surface area contributed by atoms with Gasteiger partial charge in [0.05, 0.1) is 17.8 Å². The second kappa shape index (κ2) is 7.47.